The molecular formula is C26H30N2O6. The number of carbonyl (C=O) groups is 3. The summed E-state index contributed by atoms with van der Waals surface area (Å²) in [5.41, 5.74) is 4.35. The molecule has 8 nitrogen and oxygen atoms in total. The maximum absolute atomic E-state index is 12.5. The lowest BCUT2D eigenvalue weighted by atomic mass is 9.98. The zero-order valence-corrected chi connectivity index (χ0v) is 19.0. The number of carboxylic acid groups (broad SMARTS) is 1. The summed E-state index contributed by atoms with van der Waals surface area (Å²) in [6, 6.07) is 14.7. The molecule has 1 fully saturated rings. The lowest BCUT2D eigenvalue weighted by Gasteiger charge is -2.18. The lowest BCUT2D eigenvalue weighted by molar-refractivity contribution is -0.139. The molecule has 3 N–H and O–H groups in total. The smallest absolute Gasteiger partial charge is 0.407 e. The number of hydrogen-bond donors (Lipinski definition) is 3. The van der Waals surface area contributed by atoms with E-state index in [-0.39, 0.29) is 12.5 Å². The second-order valence-corrected chi connectivity index (χ2v) is 8.78. The van der Waals surface area contributed by atoms with Crippen LogP contribution in [0.1, 0.15) is 42.7 Å². The molecule has 180 valence electrons. The Balaban J connectivity index is 1.28. The molecule has 0 radical (unpaired) electrons. The molecule has 0 aromatic heterocycles. The van der Waals surface area contributed by atoms with E-state index < -0.39 is 30.4 Å². The van der Waals surface area contributed by atoms with E-state index in [1.807, 2.05) is 48.5 Å². The van der Waals surface area contributed by atoms with Gasteiger partial charge in [-0.3, -0.25) is 9.59 Å². The number of benzene rings is 2. The molecule has 2 aliphatic carbocycles. The van der Waals surface area contributed by atoms with Gasteiger partial charge in [-0.25, -0.2) is 4.79 Å². The van der Waals surface area contributed by atoms with Crippen LogP contribution in [0.4, 0.5) is 4.79 Å². The number of carboxylic acids is 1. The first-order chi connectivity index (χ1) is 16.5. The van der Waals surface area contributed by atoms with E-state index in [1.165, 1.54) is 12.8 Å². The van der Waals surface area contributed by atoms with E-state index in [2.05, 4.69) is 10.6 Å². The van der Waals surface area contributed by atoms with Crippen molar-refractivity contribution in [2.75, 3.05) is 26.4 Å². The van der Waals surface area contributed by atoms with Gasteiger partial charge < -0.3 is 25.2 Å². The number of ether oxygens (including phenoxy) is 2. The largest absolute Gasteiger partial charge is 0.481 e. The van der Waals surface area contributed by atoms with Crippen LogP contribution in [0.2, 0.25) is 0 Å². The third-order valence-corrected chi connectivity index (χ3v) is 6.15. The van der Waals surface area contributed by atoms with E-state index in [1.54, 1.807) is 0 Å². The Morgan fingerprint density at radius 3 is 2.24 bits per heavy atom. The predicted molar refractivity (Wildman–Crippen MR) is 125 cm³/mol. The van der Waals surface area contributed by atoms with Gasteiger partial charge in [0.15, 0.2) is 0 Å². The van der Waals surface area contributed by atoms with Crippen molar-refractivity contribution in [1.82, 2.24) is 10.6 Å². The van der Waals surface area contributed by atoms with Crippen LogP contribution in [0.25, 0.3) is 11.1 Å². The van der Waals surface area contributed by atoms with Crippen molar-refractivity contribution >= 4 is 18.0 Å². The molecule has 0 aliphatic heterocycles. The van der Waals surface area contributed by atoms with Crippen molar-refractivity contribution in [1.29, 1.82) is 0 Å². The van der Waals surface area contributed by atoms with Gasteiger partial charge in [0.05, 0.1) is 6.42 Å². The molecule has 1 saturated carbocycles. The van der Waals surface area contributed by atoms with Crippen molar-refractivity contribution in [3.8, 4) is 11.1 Å². The molecule has 2 aromatic carbocycles. The quantitative estimate of drug-likeness (QED) is 0.414. The summed E-state index contributed by atoms with van der Waals surface area (Å²) in [6.45, 7) is 1.70. The fourth-order valence-corrected chi connectivity index (χ4v) is 4.21. The van der Waals surface area contributed by atoms with Gasteiger partial charge in [0, 0.05) is 25.7 Å². The highest BCUT2D eigenvalue weighted by atomic mass is 16.5. The van der Waals surface area contributed by atoms with Gasteiger partial charge in [-0.2, -0.15) is 0 Å². The average Bonchev–Trinajstić information content (AvgIpc) is 3.60. The van der Waals surface area contributed by atoms with Gasteiger partial charge >= 0.3 is 12.1 Å². The van der Waals surface area contributed by atoms with Crippen molar-refractivity contribution in [3.63, 3.8) is 0 Å². The highest BCUT2D eigenvalue weighted by Crippen LogP contribution is 2.44. The Labute approximate surface area is 198 Å². The first-order valence-electron chi connectivity index (χ1n) is 11.7. The summed E-state index contributed by atoms with van der Waals surface area (Å²) in [4.78, 5) is 36.2. The number of fused-ring (bicyclic) bond motifs is 3. The number of aliphatic carboxylic acids is 1. The highest BCUT2D eigenvalue weighted by molar-refractivity contribution is 5.89. The van der Waals surface area contributed by atoms with Gasteiger partial charge in [0.25, 0.3) is 0 Å². The van der Waals surface area contributed by atoms with E-state index >= 15 is 0 Å². The lowest BCUT2D eigenvalue weighted by Crippen LogP contribution is -2.48. The fraction of sp³-hybridized carbons (Fsp3) is 0.423. The Morgan fingerprint density at radius 2 is 1.62 bits per heavy atom. The second kappa shape index (κ2) is 11.2. The number of hydrogen-bond acceptors (Lipinski definition) is 5. The molecule has 8 heteroatoms. The predicted octanol–water partition coefficient (Wildman–Crippen LogP) is 3.30. The summed E-state index contributed by atoms with van der Waals surface area (Å²) in [7, 11) is 0. The third-order valence-electron chi connectivity index (χ3n) is 6.15. The third kappa shape index (κ3) is 6.14. The standard InChI is InChI=1S/C26H30N2O6/c29-24(30)14-23(25(31)27-12-5-13-33-15-17-10-11-17)28-26(32)34-16-22-20-8-3-1-6-18(20)19-7-2-4-9-21(19)22/h1-4,6-9,17,22-23H,5,10-16H2,(H,27,31)(H,28,32)(H,29,30). The van der Waals surface area contributed by atoms with Crippen molar-refractivity contribution in [2.24, 2.45) is 5.92 Å². The van der Waals surface area contributed by atoms with Crippen LogP contribution in [0.5, 0.6) is 0 Å². The van der Waals surface area contributed by atoms with Crippen LogP contribution in [0.15, 0.2) is 48.5 Å². The molecule has 34 heavy (non-hydrogen) atoms. The van der Waals surface area contributed by atoms with E-state index in [4.69, 9.17) is 9.47 Å². The van der Waals surface area contributed by atoms with E-state index in [9.17, 15) is 19.5 Å². The molecular weight excluding hydrogens is 436 g/mol. The molecule has 0 heterocycles. The minimum atomic E-state index is -1.22. The highest BCUT2D eigenvalue weighted by Gasteiger charge is 2.30. The molecule has 1 atom stereocenters. The number of alkyl carbamates (subject to hydrolysis) is 1. The van der Waals surface area contributed by atoms with Crippen LogP contribution < -0.4 is 10.6 Å². The van der Waals surface area contributed by atoms with Crippen LogP contribution in [-0.2, 0) is 19.1 Å². The van der Waals surface area contributed by atoms with Crippen LogP contribution in [-0.4, -0.2) is 55.5 Å². The molecule has 2 amide bonds. The van der Waals surface area contributed by atoms with E-state index in [0.29, 0.717) is 25.5 Å². The molecule has 1 unspecified atom stereocenters. The topological polar surface area (TPSA) is 114 Å². The summed E-state index contributed by atoms with van der Waals surface area (Å²) in [5.74, 6) is -1.19. The Morgan fingerprint density at radius 1 is 0.971 bits per heavy atom. The summed E-state index contributed by atoms with van der Waals surface area (Å²) < 4.78 is 11.0. The first-order valence-corrected chi connectivity index (χ1v) is 11.7. The molecule has 0 spiro atoms. The molecule has 0 saturated heterocycles. The normalized spacial score (nSPS) is 15.2. The van der Waals surface area contributed by atoms with E-state index in [0.717, 1.165) is 28.9 Å². The average molecular weight is 467 g/mol. The molecule has 4 rings (SSSR count). The molecule has 2 aliphatic rings. The maximum Gasteiger partial charge on any atom is 0.407 e. The zero-order chi connectivity index (χ0) is 23.9. The minimum absolute atomic E-state index is 0.0829. The summed E-state index contributed by atoms with van der Waals surface area (Å²) in [5, 5.41) is 14.3. The van der Waals surface area contributed by atoms with Crippen LogP contribution >= 0.6 is 0 Å². The van der Waals surface area contributed by atoms with Gasteiger partial charge in [-0.15, -0.1) is 0 Å². The SMILES string of the molecule is O=C(O)CC(NC(=O)OCC1c2ccccc2-c2ccccc21)C(=O)NCCCOCC1CC1. The van der Waals surface area contributed by atoms with Gasteiger partial charge in [-0.1, -0.05) is 48.5 Å². The zero-order valence-electron chi connectivity index (χ0n) is 19.0. The Hall–Kier alpha value is -3.39. The summed E-state index contributed by atoms with van der Waals surface area (Å²) >= 11 is 0. The fourth-order valence-electron chi connectivity index (χ4n) is 4.21. The van der Waals surface area contributed by atoms with Crippen molar-refractivity contribution in [3.05, 3.63) is 59.7 Å². The maximum atomic E-state index is 12.5. The van der Waals surface area contributed by atoms with Gasteiger partial charge in [0.1, 0.15) is 12.6 Å². The number of carbonyl (C=O) groups excluding carboxylic acids is 2. The van der Waals surface area contributed by atoms with Crippen molar-refractivity contribution in [2.45, 2.75) is 37.6 Å². The Bertz CT molecular complexity index is 990. The number of rotatable bonds is 12. The molecule has 0 bridgehead atoms. The molecule has 2 aromatic rings. The second-order valence-electron chi connectivity index (χ2n) is 8.78. The monoisotopic (exact) mass is 466 g/mol. The van der Waals surface area contributed by atoms with Crippen molar-refractivity contribution < 1.29 is 29.0 Å². The van der Waals surface area contributed by atoms with Crippen LogP contribution in [0.3, 0.4) is 0 Å². The first kappa shape index (κ1) is 23.8. The van der Waals surface area contributed by atoms with Crippen LogP contribution in [0, 0.1) is 5.92 Å². The van der Waals surface area contributed by atoms with Gasteiger partial charge in [0.2, 0.25) is 5.91 Å². The number of amides is 2. The Kier molecular flexibility index (Phi) is 7.80. The van der Waals surface area contributed by atoms with Gasteiger partial charge in [-0.05, 0) is 47.4 Å². The minimum Gasteiger partial charge on any atom is -0.481 e. The number of nitrogens with one attached hydrogen (secondary N) is 2. The summed E-state index contributed by atoms with van der Waals surface area (Å²) in [6.07, 6.45) is 1.69.